The number of amides is 4. The molecular formula is C26H19BrClFN2O5. The van der Waals surface area contributed by atoms with Crippen LogP contribution in [0.2, 0.25) is 5.02 Å². The molecule has 0 atom stereocenters. The van der Waals surface area contributed by atoms with Crippen LogP contribution in [0, 0.1) is 5.82 Å². The van der Waals surface area contributed by atoms with E-state index in [1.165, 1.54) is 24.3 Å². The van der Waals surface area contributed by atoms with Gasteiger partial charge in [0.15, 0.2) is 11.5 Å². The molecule has 0 unspecified atom stereocenters. The van der Waals surface area contributed by atoms with Crippen molar-refractivity contribution in [2.75, 3.05) is 11.5 Å². The lowest BCUT2D eigenvalue weighted by atomic mass is 10.1. The molecule has 0 saturated carbocycles. The van der Waals surface area contributed by atoms with Crippen molar-refractivity contribution in [2.45, 2.75) is 13.5 Å². The Morgan fingerprint density at radius 3 is 2.39 bits per heavy atom. The number of nitrogens with one attached hydrogen (secondary N) is 1. The molecule has 0 bridgehead atoms. The van der Waals surface area contributed by atoms with Crippen LogP contribution >= 0.6 is 27.5 Å². The van der Waals surface area contributed by atoms with Gasteiger partial charge in [-0.1, -0.05) is 39.7 Å². The fraction of sp³-hybridized carbons (Fsp3) is 0.115. The van der Waals surface area contributed by atoms with Crippen LogP contribution in [0.5, 0.6) is 11.5 Å². The number of nitrogens with zero attached hydrogens (tertiary/aromatic N) is 1. The summed E-state index contributed by atoms with van der Waals surface area (Å²) >= 11 is 9.77. The molecule has 1 N–H and O–H groups in total. The number of carbonyl (C=O) groups excluding carboxylic acids is 3. The number of anilines is 1. The number of ether oxygens (including phenoxy) is 2. The van der Waals surface area contributed by atoms with Crippen LogP contribution in [-0.4, -0.2) is 24.5 Å². The summed E-state index contributed by atoms with van der Waals surface area (Å²) in [6.45, 7) is 2.20. The molecule has 1 aliphatic rings. The van der Waals surface area contributed by atoms with Crippen LogP contribution in [0.15, 0.2) is 70.7 Å². The van der Waals surface area contributed by atoms with Crippen LogP contribution in [0.1, 0.15) is 18.1 Å². The number of urea groups is 1. The van der Waals surface area contributed by atoms with E-state index in [4.69, 9.17) is 21.1 Å². The number of imide groups is 2. The molecule has 0 spiro atoms. The lowest BCUT2D eigenvalue weighted by molar-refractivity contribution is -0.122. The largest absolute Gasteiger partial charge is 0.490 e. The van der Waals surface area contributed by atoms with E-state index in [-0.39, 0.29) is 28.8 Å². The first-order valence-corrected chi connectivity index (χ1v) is 11.9. The first-order chi connectivity index (χ1) is 17.3. The van der Waals surface area contributed by atoms with Gasteiger partial charge in [0, 0.05) is 4.47 Å². The fourth-order valence-corrected chi connectivity index (χ4v) is 4.00. The lowest BCUT2D eigenvalue weighted by Gasteiger charge is -2.26. The average Bonchev–Trinajstić information content (AvgIpc) is 2.83. The third-order valence-corrected chi connectivity index (χ3v) is 5.94. The maximum absolute atomic E-state index is 13.2. The summed E-state index contributed by atoms with van der Waals surface area (Å²) in [5, 5.41) is 2.36. The number of rotatable bonds is 7. The summed E-state index contributed by atoms with van der Waals surface area (Å²) in [4.78, 5) is 38.9. The predicted octanol–water partition coefficient (Wildman–Crippen LogP) is 5.89. The van der Waals surface area contributed by atoms with Crippen molar-refractivity contribution in [1.82, 2.24) is 5.32 Å². The van der Waals surface area contributed by atoms with Crippen molar-refractivity contribution in [3.05, 3.63) is 92.7 Å². The van der Waals surface area contributed by atoms with Gasteiger partial charge in [0.25, 0.3) is 11.8 Å². The molecule has 4 amide bonds. The van der Waals surface area contributed by atoms with Crippen molar-refractivity contribution in [3.63, 3.8) is 0 Å². The molecule has 1 aliphatic heterocycles. The van der Waals surface area contributed by atoms with Gasteiger partial charge in [-0.15, -0.1) is 0 Å². The number of hydrogen-bond donors (Lipinski definition) is 1. The minimum atomic E-state index is -0.845. The molecule has 0 aromatic heterocycles. The van der Waals surface area contributed by atoms with Gasteiger partial charge in [-0.2, -0.15) is 0 Å². The quantitative estimate of drug-likeness (QED) is 0.282. The summed E-state index contributed by atoms with van der Waals surface area (Å²) in [5.74, 6) is -1.41. The monoisotopic (exact) mass is 572 g/mol. The van der Waals surface area contributed by atoms with Gasteiger partial charge >= 0.3 is 6.03 Å². The summed E-state index contributed by atoms with van der Waals surface area (Å²) in [5.41, 5.74) is 1.16. The van der Waals surface area contributed by atoms with Crippen LogP contribution in [0.3, 0.4) is 0 Å². The topological polar surface area (TPSA) is 84.9 Å². The Kier molecular flexibility index (Phi) is 7.71. The highest BCUT2D eigenvalue weighted by Gasteiger charge is 2.36. The van der Waals surface area contributed by atoms with E-state index in [1.807, 2.05) is 0 Å². The zero-order valence-corrected chi connectivity index (χ0v) is 21.2. The van der Waals surface area contributed by atoms with Crippen molar-refractivity contribution < 1.29 is 28.2 Å². The van der Waals surface area contributed by atoms with E-state index in [0.29, 0.717) is 23.6 Å². The average molecular weight is 574 g/mol. The summed E-state index contributed by atoms with van der Waals surface area (Å²) < 4.78 is 25.4. The standard InChI is InChI=1S/C26H19BrClFN2O5/c1-2-35-22-13-16(12-21(28)23(22)36-14-15-3-7-18(29)8-4-15)11-20-24(32)30-26(34)31(25(20)33)19-9-5-17(27)6-10-19/h3-13H,2,14H2,1H3,(H,30,32,34). The van der Waals surface area contributed by atoms with Crippen molar-refractivity contribution in [2.24, 2.45) is 0 Å². The molecule has 4 rings (SSSR count). The first-order valence-electron chi connectivity index (χ1n) is 10.8. The van der Waals surface area contributed by atoms with Gasteiger partial charge in [0.1, 0.15) is 18.0 Å². The highest BCUT2D eigenvalue weighted by Crippen LogP contribution is 2.38. The van der Waals surface area contributed by atoms with Gasteiger partial charge in [-0.3, -0.25) is 14.9 Å². The summed E-state index contributed by atoms with van der Waals surface area (Å²) in [6, 6.07) is 14.6. The Morgan fingerprint density at radius 1 is 1.03 bits per heavy atom. The van der Waals surface area contributed by atoms with Gasteiger partial charge < -0.3 is 9.47 Å². The Balaban J connectivity index is 1.65. The van der Waals surface area contributed by atoms with E-state index < -0.39 is 17.8 Å². The normalized spacial score (nSPS) is 14.7. The Labute approximate surface area is 219 Å². The third kappa shape index (κ3) is 5.58. The molecule has 36 heavy (non-hydrogen) atoms. The minimum absolute atomic E-state index is 0.117. The SMILES string of the molecule is CCOc1cc(C=C2C(=O)NC(=O)N(c3ccc(Br)cc3)C2=O)cc(Cl)c1OCc1ccc(F)cc1. The zero-order valence-electron chi connectivity index (χ0n) is 18.9. The molecule has 3 aromatic carbocycles. The molecule has 0 radical (unpaired) electrons. The number of benzene rings is 3. The second kappa shape index (κ2) is 10.9. The fourth-order valence-electron chi connectivity index (χ4n) is 3.46. The Hall–Kier alpha value is -3.69. The third-order valence-electron chi connectivity index (χ3n) is 5.13. The maximum atomic E-state index is 13.2. The van der Waals surface area contributed by atoms with E-state index >= 15 is 0 Å². The zero-order chi connectivity index (χ0) is 25.8. The second-order valence-corrected chi connectivity index (χ2v) is 8.94. The van der Waals surface area contributed by atoms with Crippen LogP contribution < -0.4 is 19.7 Å². The van der Waals surface area contributed by atoms with Gasteiger partial charge in [0.2, 0.25) is 0 Å². The summed E-state index contributed by atoms with van der Waals surface area (Å²) in [6.07, 6.45) is 1.33. The second-order valence-electron chi connectivity index (χ2n) is 7.61. The first kappa shape index (κ1) is 25.4. The molecule has 7 nitrogen and oxygen atoms in total. The van der Waals surface area contributed by atoms with E-state index in [2.05, 4.69) is 21.2 Å². The van der Waals surface area contributed by atoms with Crippen LogP contribution in [0.4, 0.5) is 14.9 Å². The van der Waals surface area contributed by atoms with Crippen LogP contribution in [0.25, 0.3) is 6.08 Å². The van der Waals surface area contributed by atoms with Gasteiger partial charge in [0.05, 0.1) is 17.3 Å². The van der Waals surface area contributed by atoms with Crippen molar-refractivity contribution in [1.29, 1.82) is 0 Å². The molecule has 3 aromatic rings. The smallest absolute Gasteiger partial charge is 0.335 e. The lowest BCUT2D eigenvalue weighted by Crippen LogP contribution is -2.54. The Morgan fingerprint density at radius 2 is 1.72 bits per heavy atom. The Bertz CT molecular complexity index is 1360. The van der Waals surface area contributed by atoms with Crippen LogP contribution in [-0.2, 0) is 16.2 Å². The predicted molar refractivity (Wildman–Crippen MR) is 136 cm³/mol. The highest BCUT2D eigenvalue weighted by atomic mass is 79.9. The molecule has 184 valence electrons. The van der Waals surface area contributed by atoms with E-state index in [9.17, 15) is 18.8 Å². The van der Waals surface area contributed by atoms with Gasteiger partial charge in [-0.25, -0.2) is 14.1 Å². The van der Waals surface area contributed by atoms with E-state index in [0.717, 1.165) is 14.9 Å². The number of halogens is 3. The number of carbonyl (C=O) groups is 3. The maximum Gasteiger partial charge on any atom is 0.335 e. The molecule has 10 heteroatoms. The molecular weight excluding hydrogens is 555 g/mol. The van der Waals surface area contributed by atoms with Crippen molar-refractivity contribution in [3.8, 4) is 11.5 Å². The minimum Gasteiger partial charge on any atom is -0.490 e. The number of barbiturate groups is 1. The molecule has 1 fully saturated rings. The molecule has 1 heterocycles. The summed E-state index contributed by atoms with van der Waals surface area (Å²) in [7, 11) is 0. The molecule has 1 saturated heterocycles. The van der Waals surface area contributed by atoms with Gasteiger partial charge in [-0.05, 0) is 72.7 Å². The highest BCUT2D eigenvalue weighted by molar-refractivity contribution is 9.10. The molecule has 0 aliphatic carbocycles. The van der Waals surface area contributed by atoms with E-state index in [1.54, 1.807) is 49.4 Å². The number of hydrogen-bond acceptors (Lipinski definition) is 5. The van der Waals surface area contributed by atoms with Crippen molar-refractivity contribution >= 4 is 57.1 Å².